The highest BCUT2D eigenvalue weighted by molar-refractivity contribution is 9.10. The molecule has 0 heterocycles. The minimum atomic E-state index is -1.09. The molecular weight excluding hydrogens is 332 g/mol. The Bertz CT molecular complexity index is 458. The van der Waals surface area contributed by atoms with E-state index in [-0.39, 0.29) is 0 Å². The first-order valence-corrected chi connectivity index (χ1v) is 7.05. The largest absolute Gasteiger partial charge is 0.476 e. The molecule has 0 saturated heterocycles. The average molecular weight is 350 g/mol. The van der Waals surface area contributed by atoms with Crippen LogP contribution in [-0.4, -0.2) is 17.2 Å². The van der Waals surface area contributed by atoms with Gasteiger partial charge in [-0.15, -0.1) is 0 Å². The van der Waals surface area contributed by atoms with Crippen molar-refractivity contribution >= 4 is 33.5 Å². The fourth-order valence-electron chi connectivity index (χ4n) is 1.32. The lowest BCUT2D eigenvalue weighted by molar-refractivity contribution is -0.170. The Morgan fingerprint density at radius 3 is 2.21 bits per heavy atom. The van der Waals surface area contributed by atoms with E-state index in [9.17, 15) is 4.79 Å². The molecular formula is C14H18BrClO3. The number of ether oxygens (including phenoxy) is 2. The third-order valence-corrected chi connectivity index (χ3v) is 2.78. The molecule has 0 aliphatic carbocycles. The normalized spacial score (nSPS) is 12.2. The van der Waals surface area contributed by atoms with Gasteiger partial charge in [-0.3, -0.25) is 0 Å². The van der Waals surface area contributed by atoms with Crippen LogP contribution in [0.5, 0.6) is 5.75 Å². The van der Waals surface area contributed by atoms with Gasteiger partial charge in [-0.25, -0.2) is 4.79 Å². The second-order valence-corrected chi connectivity index (χ2v) is 7.07. The van der Waals surface area contributed by atoms with Gasteiger partial charge >= 0.3 is 5.97 Å². The molecule has 106 valence electrons. The van der Waals surface area contributed by atoms with Crippen LogP contribution >= 0.6 is 27.5 Å². The molecule has 0 fully saturated rings. The van der Waals surface area contributed by atoms with Crippen molar-refractivity contribution in [3.8, 4) is 5.75 Å². The number of carbonyl (C=O) groups excluding carboxylic acids is 1. The summed E-state index contributed by atoms with van der Waals surface area (Å²) in [5, 5.41) is 0.532. The van der Waals surface area contributed by atoms with Crippen molar-refractivity contribution in [1.29, 1.82) is 0 Å². The molecule has 0 spiro atoms. The molecule has 19 heavy (non-hydrogen) atoms. The summed E-state index contributed by atoms with van der Waals surface area (Å²) in [6.45, 7) is 8.77. The quantitative estimate of drug-likeness (QED) is 0.748. The molecule has 0 aliphatic rings. The summed E-state index contributed by atoms with van der Waals surface area (Å²) in [5.74, 6) is 0.0892. The van der Waals surface area contributed by atoms with Gasteiger partial charge in [0.05, 0.1) is 0 Å². The molecule has 0 aliphatic heterocycles. The van der Waals surface area contributed by atoms with E-state index in [1.807, 2.05) is 20.8 Å². The Balaban J connectivity index is 2.86. The number of hydrogen-bond donors (Lipinski definition) is 0. The highest BCUT2D eigenvalue weighted by atomic mass is 79.9. The maximum absolute atomic E-state index is 12.1. The highest BCUT2D eigenvalue weighted by Crippen LogP contribution is 2.28. The van der Waals surface area contributed by atoms with E-state index < -0.39 is 17.2 Å². The van der Waals surface area contributed by atoms with Gasteiger partial charge in [-0.05, 0) is 52.8 Å². The van der Waals surface area contributed by atoms with Gasteiger partial charge in [-0.1, -0.05) is 27.5 Å². The van der Waals surface area contributed by atoms with Crippen molar-refractivity contribution in [2.24, 2.45) is 0 Å². The van der Waals surface area contributed by atoms with E-state index in [1.54, 1.807) is 32.0 Å². The lowest BCUT2D eigenvalue weighted by Gasteiger charge is -2.29. The molecule has 0 saturated carbocycles. The van der Waals surface area contributed by atoms with Crippen LogP contribution in [0.3, 0.4) is 0 Å². The van der Waals surface area contributed by atoms with Gasteiger partial charge in [-0.2, -0.15) is 0 Å². The average Bonchev–Trinajstić information content (AvgIpc) is 2.11. The number of carbonyl (C=O) groups is 1. The van der Waals surface area contributed by atoms with Crippen molar-refractivity contribution < 1.29 is 14.3 Å². The molecule has 0 unspecified atom stereocenters. The molecule has 0 aromatic heterocycles. The van der Waals surface area contributed by atoms with Crippen molar-refractivity contribution in [3.63, 3.8) is 0 Å². The Hall–Kier alpha value is -0.740. The van der Waals surface area contributed by atoms with Gasteiger partial charge in [0.1, 0.15) is 11.4 Å². The highest BCUT2D eigenvalue weighted by Gasteiger charge is 2.34. The van der Waals surface area contributed by atoms with Crippen LogP contribution in [0.25, 0.3) is 0 Å². The smallest absolute Gasteiger partial charge is 0.350 e. The van der Waals surface area contributed by atoms with Crippen LogP contribution in [-0.2, 0) is 9.53 Å². The first-order valence-electron chi connectivity index (χ1n) is 5.88. The Morgan fingerprint density at radius 1 is 1.16 bits per heavy atom. The summed E-state index contributed by atoms with van der Waals surface area (Å²) in [6.07, 6.45) is 0. The lowest BCUT2D eigenvalue weighted by atomic mass is 10.1. The van der Waals surface area contributed by atoms with Crippen LogP contribution in [0.1, 0.15) is 34.6 Å². The molecule has 0 bridgehead atoms. The van der Waals surface area contributed by atoms with E-state index in [4.69, 9.17) is 21.1 Å². The molecule has 5 heteroatoms. The minimum Gasteiger partial charge on any atom is -0.476 e. The topological polar surface area (TPSA) is 35.5 Å². The predicted octanol–water partition coefficient (Wildman–Crippen LogP) is 4.60. The summed E-state index contributed by atoms with van der Waals surface area (Å²) in [4.78, 5) is 12.1. The number of rotatable bonds is 3. The summed E-state index contributed by atoms with van der Waals surface area (Å²) >= 11 is 9.26. The maximum Gasteiger partial charge on any atom is 0.350 e. The SMILES string of the molecule is CC(C)(C)OC(=O)C(C)(C)Oc1cc(Cl)cc(Br)c1. The van der Waals surface area contributed by atoms with Gasteiger partial charge in [0, 0.05) is 9.50 Å². The number of hydrogen-bond acceptors (Lipinski definition) is 3. The van der Waals surface area contributed by atoms with Crippen LogP contribution in [0.15, 0.2) is 22.7 Å². The fraction of sp³-hybridized carbons (Fsp3) is 0.500. The zero-order valence-electron chi connectivity index (χ0n) is 11.7. The third kappa shape index (κ3) is 5.41. The zero-order valence-corrected chi connectivity index (χ0v) is 14.1. The summed E-state index contributed by atoms with van der Waals surface area (Å²) in [7, 11) is 0. The summed E-state index contributed by atoms with van der Waals surface area (Å²) in [6, 6.07) is 5.14. The molecule has 0 N–H and O–H groups in total. The molecule has 0 amide bonds. The first-order chi connectivity index (χ1) is 8.49. The maximum atomic E-state index is 12.1. The van der Waals surface area contributed by atoms with Crippen LogP contribution in [0.2, 0.25) is 5.02 Å². The number of benzene rings is 1. The molecule has 1 aromatic rings. The van der Waals surface area contributed by atoms with Gasteiger partial charge in [0.25, 0.3) is 0 Å². The van der Waals surface area contributed by atoms with E-state index in [0.29, 0.717) is 10.8 Å². The zero-order chi connectivity index (χ0) is 14.8. The molecule has 1 aromatic carbocycles. The second kappa shape index (κ2) is 5.71. The monoisotopic (exact) mass is 348 g/mol. The third-order valence-electron chi connectivity index (χ3n) is 2.10. The number of halogens is 2. The van der Waals surface area contributed by atoms with Gasteiger partial charge < -0.3 is 9.47 Å². The minimum absolute atomic E-state index is 0.420. The number of esters is 1. The predicted molar refractivity (Wildman–Crippen MR) is 79.7 cm³/mol. The summed E-state index contributed by atoms with van der Waals surface area (Å²) < 4.78 is 11.8. The van der Waals surface area contributed by atoms with E-state index >= 15 is 0 Å². The van der Waals surface area contributed by atoms with Crippen molar-refractivity contribution in [1.82, 2.24) is 0 Å². The van der Waals surface area contributed by atoms with Crippen molar-refractivity contribution in [2.45, 2.75) is 45.8 Å². The molecule has 3 nitrogen and oxygen atoms in total. The lowest BCUT2D eigenvalue weighted by Crippen LogP contribution is -2.43. The Labute approximate surface area is 127 Å². The van der Waals surface area contributed by atoms with Crippen LogP contribution in [0, 0.1) is 0 Å². The van der Waals surface area contributed by atoms with E-state index in [0.717, 1.165) is 4.47 Å². The van der Waals surface area contributed by atoms with Crippen molar-refractivity contribution in [3.05, 3.63) is 27.7 Å². The Kier molecular flexibility index (Phi) is 4.91. The molecule has 1 rings (SSSR count). The second-order valence-electron chi connectivity index (χ2n) is 5.72. The first kappa shape index (κ1) is 16.3. The van der Waals surface area contributed by atoms with E-state index in [2.05, 4.69) is 15.9 Å². The van der Waals surface area contributed by atoms with Crippen molar-refractivity contribution in [2.75, 3.05) is 0 Å². The van der Waals surface area contributed by atoms with Crippen LogP contribution in [0.4, 0.5) is 0 Å². The van der Waals surface area contributed by atoms with Gasteiger partial charge in [0.15, 0.2) is 5.60 Å². The van der Waals surface area contributed by atoms with Crippen LogP contribution < -0.4 is 4.74 Å². The van der Waals surface area contributed by atoms with E-state index in [1.165, 1.54) is 0 Å². The summed E-state index contributed by atoms with van der Waals surface area (Å²) in [5.41, 5.74) is -1.63. The molecule has 0 atom stereocenters. The van der Waals surface area contributed by atoms with Gasteiger partial charge in [0.2, 0.25) is 0 Å². The fourth-order valence-corrected chi connectivity index (χ4v) is 2.15. The standard InChI is InChI=1S/C14H18BrClO3/c1-13(2,3)19-12(17)14(4,5)18-11-7-9(15)6-10(16)8-11/h6-8H,1-5H3. The Morgan fingerprint density at radius 2 is 1.74 bits per heavy atom. The molecule has 0 radical (unpaired) electrons.